The van der Waals surface area contributed by atoms with E-state index in [4.69, 9.17) is 6.42 Å². The molecule has 5 nitrogen and oxygen atoms in total. The number of carboxylic acid groups (broad SMARTS) is 1. The number of carboxylic acids is 1. The van der Waals surface area contributed by atoms with Gasteiger partial charge in [0.2, 0.25) is 0 Å². The average molecular weight is 327 g/mol. The molecule has 4 aromatic rings. The zero-order valence-corrected chi connectivity index (χ0v) is 13.1. The zero-order chi connectivity index (χ0) is 17.4. The van der Waals surface area contributed by atoms with E-state index in [0.717, 1.165) is 22.3 Å². The second kappa shape index (κ2) is 5.69. The number of nitrogens with one attached hydrogen (secondary N) is 1. The molecule has 0 amide bonds. The third-order valence-corrected chi connectivity index (χ3v) is 3.98. The molecule has 0 saturated carbocycles. The molecule has 120 valence electrons. The third kappa shape index (κ3) is 2.56. The Hall–Kier alpha value is -3.78. The molecule has 25 heavy (non-hydrogen) atoms. The van der Waals surface area contributed by atoms with Gasteiger partial charge in [-0.2, -0.15) is 0 Å². The Kier molecular flexibility index (Phi) is 3.37. The maximum atomic E-state index is 11.4. The molecule has 0 spiro atoms. The molecule has 2 N–H and O–H groups in total. The first-order valence-electron chi connectivity index (χ1n) is 7.63. The fraction of sp³-hybridized carbons (Fsp3) is 0. The van der Waals surface area contributed by atoms with Crippen molar-refractivity contribution in [3.8, 4) is 12.3 Å². The molecule has 2 aromatic carbocycles. The van der Waals surface area contributed by atoms with Crippen LogP contribution in [0.5, 0.6) is 0 Å². The van der Waals surface area contributed by atoms with Crippen LogP contribution >= 0.6 is 0 Å². The number of terminal acetylenes is 1. The molecular weight excluding hydrogens is 314 g/mol. The summed E-state index contributed by atoms with van der Waals surface area (Å²) in [7, 11) is 0. The summed E-state index contributed by atoms with van der Waals surface area (Å²) in [5.41, 5.74) is 4.04. The fourth-order valence-corrected chi connectivity index (χ4v) is 2.82. The van der Waals surface area contributed by atoms with Crippen molar-refractivity contribution in [3.63, 3.8) is 0 Å². The van der Waals surface area contributed by atoms with Crippen molar-refractivity contribution in [2.75, 3.05) is 5.32 Å². The van der Waals surface area contributed by atoms with Gasteiger partial charge in [0.15, 0.2) is 5.82 Å². The molecule has 0 aliphatic carbocycles. The van der Waals surface area contributed by atoms with E-state index in [1.54, 1.807) is 12.3 Å². The van der Waals surface area contributed by atoms with Gasteiger partial charge in [-0.15, -0.1) is 6.42 Å². The molecule has 0 saturated heterocycles. The maximum Gasteiger partial charge on any atom is 0.337 e. The van der Waals surface area contributed by atoms with Crippen molar-refractivity contribution in [2.45, 2.75) is 0 Å². The number of para-hydroxylation sites is 2. The van der Waals surface area contributed by atoms with Crippen molar-refractivity contribution in [1.82, 2.24) is 9.38 Å². The van der Waals surface area contributed by atoms with Gasteiger partial charge in [-0.25, -0.2) is 9.78 Å². The van der Waals surface area contributed by atoms with Crippen LogP contribution in [0.1, 0.15) is 15.9 Å². The molecule has 0 fully saturated rings. The molecule has 0 atom stereocenters. The molecule has 0 unspecified atom stereocenters. The van der Waals surface area contributed by atoms with Gasteiger partial charge in [-0.1, -0.05) is 24.1 Å². The molecule has 2 aromatic heterocycles. The predicted molar refractivity (Wildman–Crippen MR) is 97.3 cm³/mol. The van der Waals surface area contributed by atoms with Crippen LogP contribution in [0.25, 0.3) is 16.6 Å². The quantitative estimate of drug-likeness (QED) is 0.560. The highest BCUT2D eigenvalue weighted by Crippen LogP contribution is 2.27. The summed E-state index contributed by atoms with van der Waals surface area (Å²) in [6, 6.07) is 16.6. The number of aromatic nitrogens is 2. The third-order valence-electron chi connectivity index (χ3n) is 3.98. The van der Waals surface area contributed by atoms with Crippen LogP contribution in [-0.2, 0) is 0 Å². The summed E-state index contributed by atoms with van der Waals surface area (Å²) in [5, 5.41) is 12.6. The summed E-state index contributed by atoms with van der Waals surface area (Å²) in [4.78, 5) is 16.0. The summed E-state index contributed by atoms with van der Waals surface area (Å²) in [5.74, 6) is 2.19. The SMILES string of the molecule is C#Cc1cccc(Nc2nc3ccccc3n3cc(C(=O)O)cc23)c1. The van der Waals surface area contributed by atoms with E-state index in [2.05, 4.69) is 16.2 Å². The van der Waals surface area contributed by atoms with E-state index in [1.165, 1.54) is 0 Å². The number of nitrogens with zero attached hydrogens (tertiary/aromatic N) is 2. The Morgan fingerprint density at radius 2 is 1.96 bits per heavy atom. The van der Waals surface area contributed by atoms with Gasteiger partial charge in [0.1, 0.15) is 0 Å². The monoisotopic (exact) mass is 327 g/mol. The molecule has 4 rings (SSSR count). The van der Waals surface area contributed by atoms with Crippen LogP contribution in [0.4, 0.5) is 11.5 Å². The minimum absolute atomic E-state index is 0.207. The molecule has 0 aliphatic rings. The van der Waals surface area contributed by atoms with E-state index >= 15 is 0 Å². The molecule has 5 heteroatoms. The summed E-state index contributed by atoms with van der Waals surface area (Å²) in [6.45, 7) is 0. The summed E-state index contributed by atoms with van der Waals surface area (Å²) in [6.07, 6.45) is 7.05. The average Bonchev–Trinajstić information content (AvgIpc) is 3.08. The van der Waals surface area contributed by atoms with Gasteiger partial charge in [0, 0.05) is 17.4 Å². The van der Waals surface area contributed by atoms with Crippen molar-refractivity contribution < 1.29 is 9.90 Å². The Balaban J connectivity index is 1.94. The highest BCUT2D eigenvalue weighted by atomic mass is 16.4. The fourth-order valence-electron chi connectivity index (χ4n) is 2.82. The number of fused-ring (bicyclic) bond motifs is 3. The van der Waals surface area contributed by atoms with Crippen LogP contribution in [0.2, 0.25) is 0 Å². The van der Waals surface area contributed by atoms with Gasteiger partial charge in [0.05, 0.1) is 22.1 Å². The maximum absolute atomic E-state index is 11.4. The van der Waals surface area contributed by atoms with Gasteiger partial charge in [0.25, 0.3) is 0 Å². The molecule has 0 radical (unpaired) electrons. The molecule has 2 heterocycles. The lowest BCUT2D eigenvalue weighted by Crippen LogP contribution is -1.99. The van der Waals surface area contributed by atoms with Crippen molar-refractivity contribution in [2.24, 2.45) is 0 Å². The minimum Gasteiger partial charge on any atom is -0.478 e. The highest BCUT2D eigenvalue weighted by Gasteiger charge is 2.14. The van der Waals surface area contributed by atoms with E-state index in [1.807, 2.05) is 52.9 Å². The zero-order valence-electron chi connectivity index (χ0n) is 13.1. The normalized spacial score (nSPS) is 10.7. The van der Waals surface area contributed by atoms with E-state index in [0.29, 0.717) is 11.3 Å². The lowest BCUT2D eigenvalue weighted by Gasteiger charge is -2.10. The van der Waals surface area contributed by atoms with Gasteiger partial charge >= 0.3 is 5.97 Å². The number of hydrogen-bond donors (Lipinski definition) is 2. The topological polar surface area (TPSA) is 66.6 Å². The number of anilines is 2. The first-order valence-corrected chi connectivity index (χ1v) is 7.63. The Morgan fingerprint density at radius 3 is 2.76 bits per heavy atom. The number of benzene rings is 2. The summed E-state index contributed by atoms with van der Waals surface area (Å²) >= 11 is 0. The molecular formula is C20H13N3O2. The summed E-state index contributed by atoms with van der Waals surface area (Å²) < 4.78 is 1.83. The number of rotatable bonds is 3. The van der Waals surface area contributed by atoms with Crippen LogP contribution in [0.15, 0.2) is 60.8 Å². The predicted octanol–water partition coefficient (Wildman–Crippen LogP) is 3.91. The van der Waals surface area contributed by atoms with Gasteiger partial charge in [-0.05, 0) is 36.4 Å². The van der Waals surface area contributed by atoms with Crippen molar-refractivity contribution in [1.29, 1.82) is 0 Å². The second-order valence-electron chi connectivity index (χ2n) is 5.59. The van der Waals surface area contributed by atoms with Crippen LogP contribution < -0.4 is 5.32 Å². The number of carbonyl (C=O) groups is 1. The molecule has 0 bridgehead atoms. The van der Waals surface area contributed by atoms with E-state index < -0.39 is 5.97 Å². The van der Waals surface area contributed by atoms with Gasteiger partial charge < -0.3 is 14.8 Å². The number of hydrogen-bond acceptors (Lipinski definition) is 3. The highest BCUT2D eigenvalue weighted by molar-refractivity contribution is 5.94. The minimum atomic E-state index is -0.979. The second-order valence-corrected chi connectivity index (χ2v) is 5.59. The van der Waals surface area contributed by atoms with Crippen molar-refractivity contribution in [3.05, 3.63) is 71.9 Å². The number of aromatic carboxylic acids is 1. The Labute approximate surface area is 143 Å². The molecule has 0 aliphatic heterocycles. The first-order chi connectivity index (χ1) is 12.2. The Bertz CT molecular complexity index is 1170. The van der Waals surface area contributed by atoms with Crippen LogP contribution in [0.3, 0.4) is 0 Å². The Morgan fingerprint density at radius 1 is 1.12 bits per heavy atom. The standard InChI is InChI=1S/C20H13N3O2/c1-2-13-6-5-7-15(10-13)21-19-18-11-14(20(24)25)12-23(18)17-9-4-3-8-16(17)22-19/h1,3-12H,(H,21,22)(H,24,25). The van der Waals surface area contributed by atoms with Crippen LogP contribution in [0, 0.1) is 12.3 Å². The smallest absolute Gasteiger partial charge is 0.337 e. The largest absolute Gasteiger partial charge is 0.478 e. The van der Waals surface area contributed by atoms with E-state index in [-0.39, 0.29) is 5.56 Å². The van der Waals surface area contributed by atoms with Crippen molar-refractivity contribution >= 4 is 34.0 Å². The van der Waals surface area contributed by atoms with Gasteiger partial charge in [-0.3, -0.25) is 0 Å². The first kappa shape index (κ1) is 14.8. The van der Waals surface area contributed by atoms with E-state index in [9.17, 15) is 9.90 Å². The lowest BCUT2D eigenvalue weighted by molar-refractivity contribution is 0.0697. The lowest BCUT2D eigenvalue weighted by atomic mass is 10.2. The van der Waals surface area contributed by atoms with Crippen LogP contribution in [-0.4, -0.2) is 20.5 Å².